The third-order valence-corrected chi connectivity index (χ3v) is 2.22. The van der Waals surface area contributed by atoms with Crippen LogP contribution in [0.3, 0.4) is 0 Å². The number of hydrogen-bond donors (Lipinski definition) is 0. The van der Waals surface area contributed by atoms with Crippen molar-refractivity contribution in [2.24, 2.45) is 0 Å². The molecule has 0 bridgehead atoms. The van der Waals surface area contributed by atoms with Gasteiger partial charge in [0.2, 0.25) is 0 Å². The van der Waals surface area contributed by atoms with E-state index < -0.39 is 0 Å². The van der Waals surface area contributed by atoms with E-state index in [1.54, 1.807) is 25.4 Å². The molecule has 0 amide bonds. The fraction of sp³-hybridized carbons (Fsp3) is 0.583. The van der Waals surface area contributed by atoms with E-state index in [9.17, 15) is 0 Å². The Hall–Kier alpha value is -0.880. The first-order valence-electron chi connectivity index (χ1n) is 5.71. The maximum Gasteiger partial charge on any atom is 0.137 e. The maximum atomic E-state index is 5.65. The molecule has 0 N–H and O–H groups in total. The van der Waals surface area contributed by atoms with Crippen LogP contribution >= 0.6 is 11.6 Å². The lowest BCUT2D eigenvalue weighted by molar-refractivity contribution is 0.0179. The first-order valence-corrected chi connectivity index (χ1v) is 6.09. The van der Waals surface area contributed by atoms with Crippen LogP contribution < -0.4 is 4.74 Å². The van der Waals surface area contributed by atoms with Crippen molar-refractivity contribution in [2.75, 3.05) is 46.8 Å². The van der Waals surface area contributed by atoms with Gasteiger partial charge in [-0.05, 0) is 12.1 Å². The molecule has 0 aromatic carbocycles. The van der Waals surface area contributed by atoms with Crippen molar-refractivity contribution in [3.8, 4) is 5.75 Å². The van der Waals surface area contributed by atoms with Gasteiger partial charge >= 0.3 is 0 Å². The Morgan fingerprint density at radius 1 is 1.00 bits per heavy atom. The highest BCUT2D eigenvalue weighted by atomic mass is 35.5. The first kappa shape index (κ1) is 15.2. The van der Waals surface area contributed by atoms with Crippen LogP contribution in [0.25, 0.3) is 0 Å². The lowest BCUT2D eigenvalue weighted by Gasteiger charge is -2.07. The topological polar surface area (TPSA) is 49.8 Å². The molecule has 0 aliphatic carbocycles. The summed E-state index contributed by atoms with van der Waals surface area (Å²) in [4.78, 5) is 3.90. The van der Waals surface area contributed by atoms with Gasteiger partial charge in [0.15, 0.2) is 0 Å². The zero-order chi connectivity index (χ0) is 13.1. The summed E-state index contributed by atoms with van der Waals surface area (Å²) >= 11 is 5.65. The molecule has 1 aromatic rings. The summed E-state index contributed by atoms with van der Waals surface area (Å²) in [6.45, 7) is 3.29. The maximum absolute atomic E-state index is 5.65. The predicted molar refractivity (Wildman–Crippen MR) is 68.3 cm³/mol. The molecule has 1 aromatic heterocycles. The lowest BCUT2D eigenvalue weighted by Crippen LogP contribution is -2.12. The fourth-order valence-electron chi connectivity index (χ4n) is 1.13. The van der Waals surface area contributed by atoms with Crippen LogP contribution in [0.5, 0.6) is 5.75 Å². The molecule has 1 heterocycles. The molecule has 0 aliphatic heterocycles. The second kappa shape index (κ2) is 10.1. The van der Waals surface area contributed by atoms with Crippen molar-refractivity contribution in [2.45, 2.75) is 0 Å². The van der Waals surface area contributed by atoms with Gasteiger partial charge in [0.05, 0.1) is 39.2 Å². The minimum atomic E-state index is 0.451. The van der Waals surface area contributed by atoms with Gasteiger partial charge in [-0.3, -0.25) is 0 Å². The average Bonchev–Trinajstić information content (AvgIpc) is 2.39. The van der Waals surface area contributed by atoms with Crippen molar-refractivity contribution in [1.29, 1.82) is 0 Å². The van der Waals surface area contributed by atoms with Crippen LogP contribution in [0.15, 0.2) is 18.3 Å². The van der Waals surface area contributed by atoms with Gasteiger partial charge in [0.25, 0.3) is 0 Å². The molecular formula is C12H18ClNO4. The van der Waals surface area contributed by atoms with Gasteiger partial charge in [0, 0.05) is 7.11 Å². The van der Waals surface area contributed by atoms with Crippen LogP contribution in [0, 0.1) is 0 Å². The number of methoxy groups -OCH3 is 1. The summed E-state index contributed by atoms with van der Waals surface area (Å²) in [5.74, 6) is 0.680. The van der Waals surface area contributed by atoms with Crippen LogP contribution in [-0.2, 0) is 14.2 Å². The van der Waals surface area contributed by atoms with Gasteiger partial charge in [-0.25, -0.2) is 4.98 Å². The minimum absolute atomic E-state index is 0.451. The number of hydrogen-bond acceptors (Lipinski definition) is 5. The molecule has 1 rings (SSSR count). The molecule has 18 heavy (non-hydrogen) atoms. The van der Waals surface area contributed by atoms with Gasteiger partial charge in [-0.15, -0.1) is 0 Å². The van der Waals surface area contributed by atoms with Crippen LogP contribution in [0.2, 0.25) is 5.15 Å². The highest BCUT2D eigenvalue weighted by Gasteiger charge is 1.95. The molecule has 0 saturated carbocycles. The molecule has 5 nitrogen and oxygen atoms in total. The van der Waals surface area contributed by atoms with E-state index in [1.165, 1.54) is 0 Å². The summed E-state index contributed by atoms with van der Waals surface area (Å²) in [6.07, 6.45) is 1.58. The highest BCUT2D eigenvalue weighted by molar-refractivity contribution is 6.29. The van der Waals surface area contributed by atoms with Crippen molar-refractivity contribution >= 4 is 11.6 Å². The molecule has 6 heteroatoms. The number of nitrogens with zero attached hydrogens (tertiary/aromatic N) is 1. The van der Waals surface area contributed by atoms with E-state index >= 15 is 0 Å². The molecular weight excluding hydrogens is 258 g/mol. The zero-order valence-corrected chi connectivity index (χ0v) is 11.2. The Labute approximate surface area is 112 Å². The Kier molecular flexibility index (Phi) is 8.50. The molecule has 0 fully saturated rings. The second-order valence-electron chi connectivity index (χ2n) is 3.38. The monoisotopic (exact) mass is 275 g/mol. The number of aromatic nitrogens is 1. The molecule has 0 spiro atoms. The summed E-state index contributed by atoms with van der Waals surface area (Å²) in [6, 6.07) is 3.45. The quantitative estimate of drug-likeness (QED) is 0.481. The van der Waals surface area contributed by atoms with E-state index in [4.69, 9.17) is 30.5 Å². The standard InChI is InChI=1S/C12H18ClNO4/c1-15-4-5-16-6-7-17-8-9-18-11-2-3-12(13)14-10-11/h2-3,10H,4-9H2,1H3. The number of halogens is 1. The number of pyridine rings is 1. The minimum Gasteiger partial charge on any atom is -0.490 e. The van der Waals surface area contributed by atoms with Crippen LogP contribution in [0.1, 0.15) is 0 Å². The third kappa shape index (κ3) is 7.45. The first-order chi connectivity index (χ1) is 8.83. The fourth-order valence-corrected chi connectivity index (χ4v) is 1.24. The Bertz CT molecular complexity index is 307. The van der Waals surface area contributed by atoms with Crippen molar-refractivity contribution < 1.29 is 18.9 Å². The SMILES string of the molecule is COCCOCCOCCOc1ccc(Cl)nc1. The summed E-state index contributed by atoms with van der Waals surface area (Å²) in [5, 5.41) is 0.451. The van der Waals surface area contributed by atoms with Crippen LogP contribution in [0.4, 0.5) is 0 Å². The van der Waals surface area contributed by atoms with Gasteiger partial charge in [-0.2, -0.15) is 0 Å². The van der Waals surface area contributed by atoms with E-state index in [0.29, 0.717) is 50.5 Å². The molecule has 102 valence electrons. The Morgan fingerprint density at radius 2 is 1.67 bits per heavy atom. The Balaban J connectivity index is 1.91. The molecule has 0 radical (unpaired) electrons. The molecule has 0 unspecified atom stereocenters. The van der Waals surface area contributed by atoms with Crippen molar-refractivity contribution in [3.63, 3.8) is 0 Å². The smallest absolute Gasteiger partial charge is 0.137 e. The highest BCUT2D eigenvalue weighted by Crippen LogP contribution is 2.11. The lowest BCUT2D eigenvalue weighted by atomic mass is 10.5. The normalized spacial score (nSPS) is 10.6. The average molecular weight is 276 g/mol. The summed E-state index contributed by atoms with van der Waals surface area (Å²) < 4.78 is 20.8. The van der Waals surface area contributed by atoms with Crippen molar-refractivity contribution in [1.82, 2.24) is 4.98 Å². The molecule has 0 atom stereocenters. The van der Waals surface area contributed by atoms with E-state index in [0.717, 1.165) is 0 Å². The second-order valence-corrected chi connectivity index (χ2v) is 3.77. The number of ether oxygens (including phenoxy) is 4. The van der Waals surface area contributed by atoms with Gasteiger partial charge in [0.1, 0.15) is 17.5 Å². The third-order valence-electron chi connectivity index (χ3n) is 2.00. The zero-order valence-electron chi connectivity index (χ0n) is 10.4. The predicted octanol–water partition coefficient (Wildman–Crippen LogP) is 1.79. The van der Waals surface area contributed by atoms with Gasteiger partial charge in [-0.1, -0.05) is 11.6 Å². The van der Waals surface area contributed by atoms with Crippen molar-refractivity contribution in [3.05, 3.63) is 23.5 Å². The van der Waals surface area contributed by atoms with E-state index in [1.807, 2.05) is 0 Å². The summed E-state index contributed by atoms with van der Waals surface area (Å²) in [5.41, 5.74) is 0. The van der Waals surface area contributed by atoms with E-state index in [-0.39, 0.29) is 0 Å². The van der Waals surface area contributed by atoms with E-state index in [2.05, 4.69) is 4.98 Å². The molecule has 0 saturated heterocycles. The summed E-state index contributed by atoms with van der Waals surface area (Å²) in [7, 11) is 1.64. The Morgan fingerprint density at radius 3 is 2.28 bits per heavy atom. The largest absolute Gasteiger partial charge is 0.490 e. The number of rotatable bonds is 10. The van der Waals surface area contributed by atoms with Gasteiger partial charge < -0.3 is 18.9 Å². The van der Waals surface area contributed by atoms with Crippen LogP contribution in [-0.4, -0.2) is 51.7 Å². The molecule has 0 aliphatic rings.